The van der Waals surface area contributed by atoms with Crippen LogP contribution in [0.15, 0.2) is 18.2 Å². The minimum Gasteiger partial charge on any atom is -0.508 e. The Labute approximate surface area is 80.4 Å². The molecule has 0 aliphatic carbocycles. The molecule has 0 saturated carbocycles. The average Bonchev–Trinajstić information content (AvgIpc) is 2.09. The van der Waals surface area contributed by atoms with Crippen molar-refractivity contribution in [3.63, 3.8) is 0 Å². The summed E-state index contributed by atoms with van der Waals surface area (Å²) in [4.78, 5) is 0. The van der Waals surface area contributed by atoms with E-state index in [1.807, 2.05) is 12.1 Å². The largest absolute Gasteiger partial charge is 0.508 e. The number of hydrogen-bond acceptors (Lipinski definition) is 1. The molecule has 1 nitrogen and oxygen atoms in total. The van der Waals surface area contributed by atoms with Gasteiger partial charge >= 0.3 is 0 Å². The van der Waals surface area contributed by atoms with Crippen LogP contribution in [0, 0.1) is 6.92 Å². The fraction of sp³-hybridized carbons (Fsp3) is 0.417. The molecule has 0 heterocycles. The smallest absolute Gasteiger partial charge is 0.119 e. The molecule has 0 unspecified atom stereocenters. The zero-order valence-corrected chi connectivity index (χ0v) is 8.59. The molecule has 1 rings (SSSR count). The molecule has 0 fully saturated rings. The van der Waals surface area contributed by atoms with Crippen LogP contribution in [0.2, 0.25) is 0 Å². The van der Waals surface area contributed by atoms with Crippen molar-refractivity contribution >= 4 is 0 Å². The van der Waals surface area contributed by atoms with Crippen LogP contribution in [-0.2, 0) is 5.41 Å². The molecule has 13 heavy (non-hydrogen) atoms. The Morgan fingerprint density at radius 3 is 2.54 bits per heavy atom. The van der Waals surface area contributed by atoms with E-state index in [-0.39, 0.29) is 5.41 Å². The average molecular weight is 177 g/mol. The van der Waals surface area contributed by atoms with Gasteiger partial charge in [-0.2, -0.15) is 0 Å². The SMILES string of the molecule is [CH2]c1ccc(O)c(C(C)(C)CC)c1. The third-order valence-electron chi connectivity index (χ3n) is 2.67. The van der Waals surface area contributed by atoms with Crippen LogP contribution in [0.3, 0.4) is 0 Å². The van der Waals surface area contributed by atoms with Gasteiger partial charge in [-0.1, -0.05) is 32.9 Å². The fourth-order valence-electron chi connectivity index (χ4n) is 1.32. The van der Waals surface area contributed by atoms with E-state index in [1.165, 1.54) is 0 Å². The fourth-order valence-corrected chi connectivity index (χ4v) is 1.32. The number of benzene rings is 1. The first-order valence-electron chi connectivity index (χ1n) is 4.63. The zero-order chi connectivity index (χ0) is 10.1. The summed E-state index contributed by atoms with van der Waals surface area (Å²) in [6.45, 7) is 10.2. The van der Waals surface area contributed by atoms with Crippen LogP contribution in [-0.4, -0.2) is 5.11 Å². The maximum absolute atomic E-state index is 9.67. The van der Waals surface area contributed by atoms with Crippen molar-refractivity contribution in [2.24, 2.45) is 0 Å². The van der Waals surface area contributed by atoms with Gasteiger partial charge in [0.2, 0.25) is 0 Å². The van der Waals surface area contributed by atoms with Gasteiger partial charge in [-0.25, -0.2) is 0 Å². The number of rotatable bonds is 2. The Kier molecular flexibility index (Phi) is 2.65. The lowest BCUT2D eigenvalue weighted by molar-refractivity contribution is 0.428. The van der Waals surface area contributed by atoms with E-state index in [0.29, 0.717) is 5.75 Å². The van der Waals surface area contributed by atoms with E-state index in [1.54, 1.807) is 6.07 Å². The van der Waals surface area contributed by atoms with Gasteiger partial charge in [0.1, 0.15) is 5.75 Å². The topological polar surface area (TPSA) is 20.2 Å². The number of aromatic hydroxyl groups is 1. The summed E-state index contributed by atoms with van der Waals surface area (Å²) in [6, 6.07) is 5.50. The predicted octanol–water partition coefficient (Wildman–Crippen LogP) is 3.26. The molecule has 0 aromatic heterocycles. The van der Waals surface area contributed by atoms with Gasteiger partial charge in [0.15, 0.2) is 0 Å². The first kappa shape index (κ1) is 10.1. The third kappa shape index (κ3) is 2.03. The van der Waals surface area contributed by atoms with E-state index < -0.39 is 0 Å². The Balaban J connectivity index is 3.20. The summed E-state index contributed by atoms with van der Waals surface area (Å²) in [5, 5.41) is 9.67. The summed E-state index contributed by atoms with van der Waals surface area (Å²) in [5.41, 5.74) is 1.97. The van der Waals surface area contributed by atoms with Crippen LogP contribution in [0.25, 0.3) is 0 Å². The van der Waals surface area contributed by atoms with Crippen molar-refractivity contribution in [1.29, 1.82) is 0 Å². The highest BCUT2D eigenvalue weighted by Gasteiger charge is 2.21. The number of phenols is 1. The molecular formula is C12H17O. The molecule has 0 bridgehead atoms. The molecule has 1 N–H and O–H groups in total. The molecule has 0 spiro atoms. The predicted molar refractivity (Wildman–Crippen MR) is 55.9 cm³/mol. The lowest BCUT2D eigenvalue weighted by atomic mass is 9.81. The Morgan fingerprint density at radius 1 is 1.38 bits per heavy atom. The molecule has 0 aliphatic rings. The lowest BCUT2D eigenvalue weighted by Gasteiger charge is -2.24. The van der Waals surface area contributed by atoms with Gasteiger partial charge < -0.3 is 5.11 Å². The standard InChI is InChI=1S/C12H17O/c1-5-12(3,4)10-8-9(2)6-7-11(10)13/h6-8,13H,2,5H2,1,3-4H3. The minimum absolute atomic E-state index is 0.0256. The number of hydrogen-bond donors (Lipinski definition) is 1. The van der Waals surface area contributed by atoms with Crippen molar-refractivity contribution < 1.29 is 5.11 Å². The van der Waals surface area contributed by atoms with Gasteiger partial charge in [0.25, 0.3) is 0 Å². The third-order valence-corrected chi connectivity index (χ3v) is 2.67. The first-order valence-corrected chi connectivity index (χ1v) is 4.63. The van der Waals surface area contributed by atoms with E-state index in [2.05, 4.69) is 27.7 Å². The molecule has 0 atom stereocenters. The second kappa shape index (κ2) is 3.41. The number of phenolic OH excluding ortho intramolecular Hbond substituents is 1. The summed E-state index contributed by atoms with van der Waals surface area (Å²) in [6.07, 6.45) is 1.00. The van der Waals surface area contributed by atoms with Gasteiger partial charge in [-0.15, -0.1) is 0 Å². The summed E-state index contributed by atoms with van der Waals surface area (Å²) in [7, 11) is 0. The molecule has 1 radical (unpaired) electrons. The second-order valence-corrected chi connectivity index (χ2v) is 4.09. The molecule has 1 heteroatoms. The monoisotopic (exact) mass is 177 g/mol. The van der Waals surface area contributed by atoms with E-state index in [4.69, 9.17) is 0 Å². The van der Waals surface area contributed by atoms with Gasteiger partial charge in [-0.05, 0) is 36.0 Å². The van der Waals surface area contributed by atoms with Crippen molar-refractivity contribution in [1.82, 2.24) is 0 Å². The van der Waals surface area contributed by atoms with E-state index in [0.717, 1.165) is 17.5 Å². The Hall–Kier alpha value is -0.980. The maximum atomic E-state index is 9.67. The van der Waals surface area contributed by atoms with Crippen molar-refractivity contribution in [3.8, 4) is 5.75 Å². The highest BCUT2D eigenvalue weighted by molar-refractivity contribution is 5.41. The minimum atomic E-state index is 0.0256. The first-order chi connectivity index (χ1) is 5.97. The molecule has 71 valence electrons. The summed E-state index contributed by atoms with van der Waals surface area (Å²) < 4.78 is 0. The van der Waals surface area contributed by atoms with Crippen LogP contribution < -0.4 is 0 Å². The molecular weight excluding hydrogens is 160 g/mol. The van der Waals surface area contributed by atoms with Crippen molar-refractivity contribution in [2.45, 2.75) is 32.6 Å². The van der Waals surface area contributed by atoms with Gasteiger partial charge in [-0.3, -0.25) is 0 Å². The highest BCUT2D eigenvalue weighted by Crippen LogP contribution is 2.33. The molecule has 0 amide bonds. The van der Waals surface area contributed by atoms with Gasteiger partial charge in [0, 0.05) is 0 Å². The van der Waals surface area contributed by atoms with Crippen molar-refractivity contribution in [2.75, 3.05) is 0 Å². The second-order valence-electron chi connectivity index (χ2n) is 4.09. The Bertz CT molecular complexity index is 300. The molecule has 0 aliphatic heterocycles. The highest BCUT2D eigenvalue weighted by atomic mass is 16.3. The molecule has 0 saturated heterocycles. The van der Waals surface area contributed by atoms with E-state index in [9.17, 15) is 5.11 Å². The molecule has 1 aromatic rings. The van der Waals surface area contributed by atoms with Crippen LogP contribution in [0.1, 0.15) is 38.3 Å². The summed E-state index contributed by atoms with van der Waals surface area (Å²) >= 11 is 0. The van der Waals surface area contributed by atoms with Crippen LogP contribution in [0.5, 0.6) is 5.75 Å². The van der Waals surface area contributed by atoms with E-state index >= 15 is 0 Å². The lowest BCUT2D eigenvalue weighted by Crippen LogP contribution is -2.15. The van der Waals surface area contributed by atoms with Gasteiger partial charge in [0.05, 0.1) is 0 Å². The quantitative estimate of drug-likeness (QED) is 0.735. The normalized spacial score (nSPS) is 11.7. The molecule has 1 aromatic carbocycles. The zero-order valence-electron chi connectivity index (χ0n) is 8.59. The van der Waals surface area contributed by atoms with Crippen LogP contribution >= 0.6 is 0 Å². The maximum Gasteiger partial charge on any atom is 0.119 e. The summed E-state index contributed by atoms with van der Waals surface area (Å²) in [5.74, 6) is 0.374. The van der Waals surface area contributed by atoms with Crippen LogP contribution in [0.4, 0.5) is 0 Å². The Morgan fingerprint density at radius 2 is 2.00 bits per heavy atom. The van der Waals surface area contributed by atoms with Crippen molar-refractivity contribution in [3.05, 3.63) is 36.2 Å².